The average Bonchev–Trinajstić information content (AvgIpc) is 2.63. The molecular formula is C19H16N2O3S. The first-order valence-corrected chi connectivity index (χ1v) is 8.97. The Morgan fingerprint density at radius 3 is 2.28 bits per heavy atom. The lowest BCUT2D eigenvalue weighted by molar-refractivity contribution is -0.384. The van der Waals surface area contributed by atoms with E-state index in [1.807, 2.05) is 54.6 Å². The number of nitrogens with zero attached hydrogens (tertiary/aromatic N) is 1. The molecule has 0 aromatic heterocycles. The van der Waals surface area contributed by atoms with Crippen LogP contribution >= 0.6 is 0 Å². The van der Waals surface area contributed by atoms with Crippen molar-refractivity contribution >= 4 is 27.9 Å². The van der Waals surface area contributed by atoms with Crippen molar-refractivity contribution < 1.29 is 9.13 Å². The van der Waals surface area contributed by atoms with Crippen molar-refractivity contribution in [2.24, 2.45) is 0 Å². The van der Waals surface area contributed by atoms with Gasteiger partial charge >= 0.3 is 0 Å². The van der Waals surface area contributed by atoms with Gasteiger partial charge in [-0.15, -0.1) is 0 Å². The molecule has 0 radical (unpaired) electrons. The van der Waals surface area contributed by atoms with Crippen molar-refractivity contribution in [3.05, 3.63) is 94.5 Å². The maximum Gasteiger partial charge on any atom is 0.269 e. The first-order chi connectivity index (χ1) is 12.1. The molecule has 3 aromatic carbocycles. The van der Waals surface area contributed by atoms with E-state index in [1.165, 1.54) is 12.1 Å². The Kier molecular flexibility index (Phi) is 5.20. The van der Waals surface area contributed by atoms with Crippen LogP contribution in [0.2, 0.25) is 0 Å². The van der Waals surface area contributed by atoms with E-state index in [9.17, 15) is 14.3 Å². The molecule has 25 heavy (non-hydrogen) atoms. The molecule has 0 saturated heterocycles. The van der Waals surface area contributed by atoms with Crippen LogP contribution in [0.5, 0.6) is 0 Å². The number of hydrogen-bond acceptors (Lipinski definition) is 4. The highest BCUT2D eigenvalue weighted by Gasteiger charge is 2.07. The molecule has 1 N–H and O–H groups in total. The lowest BCUT2D eigenvalue weighted by Gasteiger charge is -2.08. The minimum atomic E-state index is -1.10. The molecule has 0 aliphatic rings. The molecule has 126 valence electrons. The highest BCUT2D eigenvalue weighted by molar-refractivity contribution is 7.84. The molecule has 5 nitrogen and oxygen atoms in total. The maximum absolute atomic E-state index is 12.4. The molecule has 0 amide bonds. The van der Waals surface area contributed by atoms with Gasteiger partial charge in [0.25, 0.3) is 5.69 Å². The van der Waals surface area contributed by atoms with Gasteiger partial charge in [0.1, 0.15) is 0 Å². The Bertz CT molecular complexity index is 896. The highest BCUT2D eigenvalue weighted by Crippen LogP contribution is 2.22. The van der Waals surface area contributed by atoms with Gasteiger partial charge in [-0.2, -0.15) is 0 Å². The Balaban J connectivity index is 1.71. The van der Waals surface area contributed by atoms with Gasteiger partial charge in [-0.05, 0) is 42.0 Å². The first kappa shape index (κ1) is 16.9. The van der Waals surface area contributed by atoms with Gasteiger partial charge in [0.05, 0.1) is 21.5 Å². The van der Waals surface area contributed by atoms with Crippen LogP contribution in [0.3, 0.4) is 0 Å². The van der Waals surface area contributed by atoms with Crippen molar-refractivity contribution in [3.8, 4) is 0 Å². The summed E-state index contributed by atoms with van der Waals surface area (Å²) in [6.45, 7) is 0. The third kappa shape index (κ3) is 4.51. The van der Waals surface area contributed by atoms with Crippen molar-refractivity contribution in [3.63, 3.8) is 0 Å². The fourth-order valence-corrected chi connectivity index (χ4v) is 3.49. The normalized spacial score (nSPS) is 11.7. The van der Waals surface area contributed by atoms with E-state index in [4.69, 9.17) is 0 Å². The number of non-ortho nitro benzene ring substituents is 1. The van der Waals surface area contributed by atoms with Crippen LogP contribution in [0.4, 0.5) is 17.1 Å². The average molecular weight is 352 g/mol. The molecule has 0 fully saturated rings. The van der Waals surface area contributed by atoms with E-state index in [2.05, 4.69) is 5.32 Å². The maximum atomic E-state index is 12.4. The van der Waals surface area contributed by atoms with Gasteiger partial charge in [0.15, 0.2) is 0 Å². The van der Waals surface area contributed by atoms with Gasteiger partial charge in [-0.1, -0.05) is 30.3 Å². The van der Waals surface area contributed by atoms with E-state index < -0.39 is 15.7 Å². The van der Waals surface area contributed by atoms with Gasteiger partial charge in [0, 0.05) is 28.4 Å². The molecule has 6 heteroatoms. The Morgan fingerprint density at radius 2 is 1.60 bits per heavy atom. The fourth-order valence-electron chi connectivity index (χ4n) is 2.38. The predicted molar refractivity (Wildman–Crippen MR) is 99.4 cm³/mol. The van der Waals surface area contributed by atoms with E-state index in [1.54, 1.807) is 12.1 Å². The zero-order valence-corrected chi connectivity index (χ0v) is 14.1. The Morgan fingerprint density at radius 1 is 0.880 bits per heavy atom. The van der Waals surface area contributed by atoms with E-state index in [0.29, 0.717) is 5.75 Å². The molecule has 3 rings (SSSR count). The second-order valence-corrected chi connectivity index (χ2v) is 6.88. The summed E-state index contributed by atoms with van der Waals surface area (Å²) in [4.78, 5) is 11.1. The second-order valence-electron chi connectivity index (χ2n) is 5.43. The summed E-state index contributed by atoms with van der Waals surface area (Å²) in [5, 5.41) is 13.9. The van der Waals surface area contributed by atoms with Crippen LogP contribution in [0.25, 0.3) is 0 Å². The van der Waals surface area contributed by atoms with Crippen molar-refractivity contribution in [2.45, 2.75) is 10.6 Å². The Labute approximate surface area is 147 Å². The SMILES string of the molecule is O=[N+]([O-])c1ccc(Nc2cccc(CS(=O)c3ccccc3)c2)cc1. The van der Waals surface area contributed by atoms with Crippen LogP contribution in [0.15, 0.2) is 83.8 Å². The van der Waals surface area contributed by atoms with Crippen LogP contribution in [-0.2, 0) is 16.6 Å². The molecule has 1 atom stereocenters. The fraction of sp³-hybridized carbons (Fsp3) is 0.0526. The summed E-state index contributed by atoms with van der Waals surface area (Å²) in [6, 6.07) is 23.2. The van der Waals surface area contributed by atoms with Crippen LogP contribution < -0.4 is 5.32 Å². The minimum absolute atomic E-state index is 0.0533. The number of rotatable bonds is 6. The van der Waals surface area contributed by atoms with Crippen LogP contribution in [-0.4, -0.2) is 9.13 Å². The minimum Gasteiger partial charge on any atom is -0.356 e. The van der Waals surface area contributed by atoms with Crippen LogP contribution in [0, 0.1) is 10.1 Å². The number of benzene rings is 3. The van der Waals surface area contributed by atoms with E-state index in [0.717, 1.165) is 21.8 Å². The van der Waals surface area contributed by atoms with Crippen molar-refractivity contribution in [1.29, 1.82) is 0 Å². The second kappa shape index (κ2) is 7.72. The first-order valence-electron chi connectivity index (χ1n) is 7.66. The van der Waals surface area contributed by atoms with Gasteiger partial charge in [-0.25, -0.2) is 0 Å². The largest absolute Gasteiger partial charge is 0.356 e. The molecule has 0 bridgehead atoms. The predicted octanol–water partition coefficient (Wildman–Crippen LogP) is 4.65. The monoisotopic (exact) mass is 352 g/mol. The summed E-state index contributed by atoms with van der Waals surface area (Å²) in [5.74, 6) is 0.430. The number of anilines is 2. The zero-order chi connectivity index (χ0) is 17.6. The molecule has 0 saturated carbocycles. The van der Waals surface area contributed by atoms with Crippen LogP contribution in [0.1, 0.15) is 5.56 Å². The summed E-state index contributed by atoms with van der Waals surface area (Å²) in [5.41, 5.74) is 2.61. The third-order valence-corrected chi connectivity index (χ3v) is 4.99. The number of nitro groups is 1. The third-order valence-electron chi connectivity index (χ3n) is 3.60. The number of nitro benzene ring substituents is 1. The summed E-state index contributed by atoms with van der Waals surface area (Å²) in [7, 11) is -1.10. The molecule has 0 aliphatic carbocycles. The molecule has 0 spiro atoms. The number of hydrogen-bond donors (Lipinski definition) is 1. The number of nitrogens with one attached hydrogen (secondary N) is 1. The molecular weight excluding hydrogens is 336 g/mol. The van der Waals surface area contributed by atoms with Crippen molar-refractivity contribution in [1.82, 2.24) is 0 Å². The highest BCUT2D eigenvalue weighted by atomic mass is 32.2. The standard InChI is InChI=1S/C19H16N2O3S/c22-21(23)18-11-9-16(10-12-18)20-17-6-4-5-15(13-17)14-25(24)19-7-2-1-3-8-19/h1-13,20H,14H2. The summed E-state index contributed by atoms with van der Waals surface area (Å²) < 4.78 is 12.4. The summed E-state index contributed by atoms with van der Waals surface area (Å²) >= 11 is 0. The van der Waals surface area contributed by atoms with Gasteiger partial charge in [-0.3, -0.25) is 14.3 Å². The van der Waals surface area contributed by atoms with E-state index in [-0.39, 0.29) is 5.69 Å². The molecule has 1 unspecified atom stereocenters. The topological polar surface area (TPSA) is 72.2 Å². The molecule has 0 aliphatic heterocycles. The smallest absolute Gasteiger partial charge is 0.269 e. The van der Waals surface area contributed by atoms with E-state index >= 15 is 0 Å². The zero-order valence-electron chi connectivity index (χ0n) is 13.3. The molecule has 0 heterocycles. The lowest BCUT2D eigenvalue weighted by atomic mass is 10.2. The molecule has 3 aromatic rings. The Hall–Kier alpha value is -2.99. The lowest BCUT2D eigenvalue weighted by Crippen LogP contribution is -1.97. The van der Waals surface area contributed by atoms with Gasteiger partial charge in [0.2, 0.25) is 0 Å². The summed E-state index contributed by atoms with van der Waals surface area (Å²) in [6.07, 6.45) is 0. The van der Waals surface area contributed by atoms with Crippen molar-refractivity contribution in [2.75, 3.05) is 5.32 Å². The van der Waals surface area contributed by atoms with Gasteiger partial charge < -0.3 is 5.32 Å². The quantitative estimate of drug-likeness (QED) is 0.518.